The summed E-state index contributed by atoms with van der Waals surface area (Å²) in [7, 11) is -4.86. The number of aliphatic hydroxyl groups excluding tert-OH is 3. The second kappa shape index (κ2) is 7.19. The predicted molar refractivity (Wildman–Crippen MR) is 84.1 cm³/mol. The first-order valence-electron chi connectivity index (χ1n) is 7.30. The summed E-state index contributed by atoms with van der Waals surface area (Å²) in [5.41, 5.74) is -0.980. The molecule has 140 valence electrons. The van der Waals surface area contributed by atoms with Crippen LogP contribution >= 0.6 is 0 Å². The third-order valence-corrected chi connectivity index (χ3v) is 4.66. The molecule has 0 amide bonds. The molecule has 0 aromatic carbocycles. The molecule has 26 heavy (non-hydrogen) atoms. The van der Waals surface area contributed by atoms with Gasteiger partial charge in [-0.15, -0.1) is 0 Å². The van der Waals surface area contributed by atoms with E-state index in [1.165, 1.54) is 37.2 Å². The Bertz CT molecular complexity index is 866. The molecule has 0 saturated carbocycles. The van der Waals surface area contributed by atoms with Gasteiger partial charge in [0.05, 0.1) is 6.20 Å². The van der Waals surface area contributed by atoms with Crippen molar-refractivity contribution in [1.29, 1.82) is 0 Å². The molecule has 1 aliphatic heterocycles. The fourth-order valence-corrected chi connectivity index (χ4v) is 3.15. The minimum atomic E-state index is -4.86. The lowest BCUT2D eigenvalue weighted by atomic mass is 10.1. The first kappa shape index (κ1) is 18.6. The van der Waals surface area contributed by atoms with Gasteiger partial charge in [0.1, 0.15) is 30.4 Å². The van der Waals surface area contributed by atoms with E-state index < -0.39 is 40.2 Å². The van der Waals surface area contributed by atoms with Crippen LogP contribution < -0.4 is 4.74 Å². The van der Waals surface area contributed by atoms with E-state index in [0.29, 0.717) is 11.1 Å². The lowest BCUT2D eigenvalue weighted by molar-refractivity contribution is -0.254. The number of ether oxygens (including phenoxy) is 2. The quantitative estimate of drug-likeness (QED) is 0.455. The molecule has 5 atom stereocenters. The maximum Gasteiger partial charge on any atom is 0.295 e. The van der Waals surface area contributed by atoms with E-state index in [9.17, 15) is 23.7 Å². The SMILES string of the molecule is O=S(=O)(O)C1O[C@@H](Oc2cncc(-c3cncnc3)c2)[C@H](O)[C@@H](O)[C@@H]1O. The van der Waals surface area contributed by atoms with E-state index >= 15 is 0 Å². The van der Waals surface area contributed by atoms with Gasteiger partial charge in [0.15, 0.2) is 0 Å². The molecule has 0 radical (unpaired) electrons. The molecule has 12 heteroatoms. The minimum absolute atomic E-state index is 0.0769. The molecular weight excluding hydrogens is 370 g/mol. The molecule has 1 saturated heterocycles. The second-order valence-electron chi connectivity index (χ2n) is 5.51. The zero-order valence-electron chi connectivity index (χ0n) is 13.0. The first-order chi connectivity index (χ1) is 12.3. The zero-order valence-corrected chi connectivity index (χ0v) is 13.8. The third-order valence-electron chi connectivity index (χ3n) is 3.68. The van der Waals surface area contributed by atoms with Crippen molar-refractivity contribution in [2.24, 2.45) is 0 Å². The Morgan fingerprint density at radius 3 is 2.23 bits per heavy atom. The van der Waals surface area contributed by atoms with Crippen LogP contribution in [0.15, 0.2) is 37.2 Å². The highest BCUT2D eigenvalue weighted by Gasteiger charge is 2.50. The van der Waals surface area contributed by atoms with Gasteiger partial charge in [-0.25, -0.2) is 9.97 Å². The van der Waals surface area contributed by atoms with Crippen LogP contribution in [0.3, 0.4) is 0 Å². The number of pyridine rings is 1. The lowest BCUT2D eigenvalue weighted by Gasteiger charge is -2.38. The fourth-order valence-electron chi connectivity index (χ4n) is 2.38. The van der Waals surface area contributed by atoms with E-state index in [0.717, 1.165) is 0 Å². The molecule has 1 fully saturated rings. The molecule has 3 rings (SSSR count). The zero-order chi connectivity index (χ0) is 18.9. The third kappa shape index (κ3) is 3.80. The molecule has 2 aromatic rings. The Hall–Kier alpha value is -2.22. The molecule has 3 heterocycles. The van der Waals surface area contributed by atoms with Crippen molar-refractivity contribution in [1.82, 2.24) is 15.0 Å². The smallest absolute Gasteiger partial charge is 0.295 e. The van der Waals surface area contributed by atoms with Gasteiger partial charge in [-0.3, -0.25) is 9.54 Å². The van der Waals surface area contributed by atoms with E-state index in [4.69, 9.17) is 14.0 Å². The van der Waals surface area contributed by atoms with Crippen molar-refractivity contribution >= 4 is 10.1 Å². The summed E-state index contributed by atoms with van der Waals surface area (Å²) < 4.78 is 41.9. The summed E-state index contributed by atoms with van der Waals surface area (Å²) in [4.78, 5) is 11.7. The summed E-state index contributed by atoms with van der Waals surface area (Å²) in [6.07, 6.45) is -0.220. The Morgan fingerprint density at radius 1 is 0.923 bits per heavy atom. The van der Waals surface area contributed by atoms with Gasteiger partial charge in [0.25, 0.3) is 10.1 Å². The summed E-state index contributed by atoms with van der Waals surface area (Å²) in [6, 6.07) is 1.50. The van der Waals surface area contributed by atoms with Crippen molar-refractivity contribution in [3.63, 3.8) is 0 Å². The number of hydrogen-bond donors (Lipinski definition) is 4. The van der Waals surface area contributed by atoms with Crippen LogP contribution in [0, 0.1) is 0 Å². The molecule has 1 aliphatic rings. The van der Waals surface area contributed by atoms with E-state index in [-0.39, 0.29) is 5.75 Å². The summed E-state index contributed by atoms with van der Waals surface area (Å²) >= 11 is 0. The Labute approximate surface area is 147 Å². The molecule has 1 unspecified atom stereocenters. The average Bonchev–Trinajstić information content (AvgIpc) is 2.62. The predicted octanol–water partition coefficient (Wildman–Crippen LogP) is -1.43. The van der Waals surface area contributed by atoms with Crippen LogP contribution in [0.25, 0.3) is 11.1 Å². The molecule has 11 nitrogen and oxygen atoms in total. The van der Waals surface area contributed by atoms with Crippen molar-refractivity contribution in [2.45, 2.75) is 30.0 Å². The highest BCUT2D eigenvalue weighted by atomic mass is 32.2. The number of rotatable bonds is 4. The highest BCUT2D eigenvalue weighted by Crippen LogP contribution is 2.28. The van der Waals surface area contributed by atoms with Gasteiger partial charge in [-0.05, 0) is 6.07 Å². The maximum atomic E-state index is 11.3. The van der Waals surface area contributed by atoms with Gasteiger partial charge in [-0.2, -0.15) is 8.42 Å². The van der Waals surface area contributed by atoms with Gasteiger partial charge in [-0.1, -0.05) is 0 Å². The number of hydrogen-bond acceptors (Lipinski definition) is 10. The van der Waals surface area contributed by atoms with Gasteiger partial charge >= 0.3 is 0 Å². The normalized spacial score (nSPS) is 29.3. The number of aliphatic hydroxyl groups is 3. The topological polar surface area (TPSA) is 172 Å². The van der Waals surface area contributed by atoms with Crippen LogP contribution in [0.5, 0.6) is 5.75 Å². The van der Waals surface area contributed by atoms with Gasteiger partial charge in [0, 0.05) is 29.7 Å². The van der Waals surface area contributed by atoms with E-state index in [1.807, 2.05) is 0 Å². The first-order valence-corrected chi connectivity index (χ1v) is 8.81. The standard InChI is InChI=1S/C14H15N3O8S/c18-10-11(19)13(25-14(12(10)20)26(21,22)23)24-9-1-7(2-15-5-9)8-3-16-6-17-4-8/h1-6,10-14,18-20H,(H,21,22,23)/t10-,11-,12+,13-,14?/m1/s1. The Balaban J connectivity index is 1.84. The van der Waals surface area contributed by atoms with Gasteiger partial charge in [0.2, 0.25) is 11.7 Å². The van der Waals surface area contributed by atoms with Crippen LogP contribution in [0.2, 0.25) is 0 Å². The average molecular weight is 385 g/mol. The van der Waals surface area contributed by atoms with E-state index in [2.05, 4.69) is 15.0 Å². The Morgan fingerprint density at radius 2 is 1.58 bits per heavy atom. The molecule has 2 aromatic heterocycles. The minimum Gasteiger partial charge on any atom is -0.460 e. The van der Waals surface area contributed by atoms with Crippen LogP contribution in [-0.2, 0) is 14.9 Å². The summed E-state index contributed by atoms with van der Waals surface area (Å²) in [6.45, 7) is 0. The van der Waals surface area contributed by atoms with Crippen molar-refractivity contribution in [2.75, 3.05) is 0 Å². The van der Waals surface area contributed by atoms with Gasteiger partial charge < -0.3 is 24.8 Å². The fraction of sp³-hybridized carbons (Fsp3) is 0.357. The maximum absolute atomic E-state index is 11.3. The number of aromatic nitrogens is 3. The summed E-state index contributed by atoms with van der Waals surface area (Å²) in [5.74, 6) is 0.0769. The molecule has 0 aliphatic carbocycles. The van der Waals surface area contributed by atoms with Crippen molar-refractivity contribution < 1.29 is 37.8 Å². The largest absolute Gasteiger partial charge is 0.460 e. The Kier molecular flexibility index (Phi) is 5.13. The summed E-state index contributed by atoms with van der Waals surface area (Å²) in [5, 5.41) is 29.4. The molecule has 4 N–H and O–H groups in total. The van der Waals surface area contributed by atoms with E-state index in [1.54, 1.807) is 0 Å². The van der Waals surface area contributed by atoms with Crippen LogP contribution in [0.1, 0.15) is 0 Å². The monoisotopic (exact) mass is 385 g/mol. The van der Waals surface area contributed by atoms with Crippen molar-refractivity contribution in [3.8, 4) is 16.9 Å². The molecule has 0 spiro atoms. The van der Waals surface area contributed by atoms with Crippen molar-refractivity contribution in [3.05, 3.63) is 37.2 Å². The molecule has 0 bridgehead atoms. The lowest BCUT2D eigenvalue weighted by Crippen LogP contribution is -2.61. The molecular formula is C14H15N3O8S. The number of nitrogens with zero attached hydrogens (tertiary/aromatic N) is 3. The van der Waals surface area contributed by atoms with Crippen LogP contribution in [-0.4, -0.2) is 73.3 Å². The second-order valence-corrected chi connectivity index (χ2v) is 7.01. The van der Waals surface area contributed by atoms with Crippen LogP contribution in [0.4, 0.5) is 0 Å². The highest BCUT2D eigenvalue weighted by molar-refractivity contribution is 7.86.